The average molecular weight is 558 g/mol. The number of anilines is 1. The first kappa shape index (κ1) is 28.7. The fourth-order valence-electron chi connectivity index (χ4n) is 5.02. The molecule has 212 valence electrons. The number of methoxy groups -OCH3 is 1. The maximum atomic E-state index is 13.3. The molecule has 9 nitrogen and oxygen atoms in total. The number of benzene rings is 2. The molecular weight excluding hydrogens is 518 g/mol. The Kier molecular flexibility index (Phi) is 6.95. The van der Waals surface area contributed by atoms with E-state index in [0.29, 0.717) is 22.2 Å². The molecule has 0 atom stereocenters. The molecule has 0 unspecified atom stereocenters. The third kappa shape index (κ3) is 5.57. The lowest BCUT2D eigenvalue weighted by atomic mass is 9.81. The van der Waals surface area contributed by atoms with E-state index in [0.717, 1.165) is 44.4 Å². The van der Waals surface area contributed by atoms with E-state index in [1.807, 2.05) is 26.0 Å². The molecule has 4 rings (SSSR count). The number of amides is 1. The zero-order valence-corrected chi connectivity index (χ0v) is 25.3. The highest BCUT2D eigenvalue weighted by Gasteiger charge is 2.40. The van der Waals surface area contributed by atoms with Crippen molar-refractivity contribution in [1.29, 1.82) is 0 Å². The topological polar surface area (TPSA) is 97.7 Å². The maximum Gasteiger partial charge on any atom is 0.425 e. The lowest BCUT2D eigenvalue weighted by molar-refractivity contribution is 0.0420. The van der Waals surface area contributed by atoms with Crippen molar-refractivity contribution < 1.29 is 27.4 Å². The highest BCUT2D eigenvalue weighted by molar-refractivity contribution is 7.91. The van der Waals surface area contributed by atoms with Gasteiger partial charge in [0.2, 0.25) is 0 Å². The molecule has 2 heterocycles. The average Bonchev–Trinajstić information content (AvgIpc) is 3.15. The Hall–Kier alpha value is -3.27. The van der Waals surface area contributed by atoms with E-state index in [-0.39, 0.29) is 5.54 Å². The van der Waals surface area contributed by atoms with Crippen molar-refractivity contribution in [3.63, 3.8) is 0 Å². The van der Waals surface area contributed by atoms with E-state index >= 15 is 0 Å². The molecule has 39 heavy (non-hydrogen) atoms. The fourth-order valence-corrected chi connectivity index (χ4v) is 5.99. The number of hydrogen-bond acceptors (Lipinski definition) is 7. The molecule has 0 saturated heterocycles. The predicted octanol–water partition coefficient (Wildman–Crippen LogP) is 5.13. The van der Waals surface area contributed by atoms with Gasteiger partial charge >= 0.3 is 16.3 Å². The molecule has 0 aliphatic carbocycles. The van der Waals surface area contributed by atoms with Crippen LogP contribution in [-0.4, -0.2) is 62.5 Å². The lowest BCUT2D eigenvalue weighted by Gasteiger charge is -2.31. The smallest absolute Gasteiger partial charge is 0.425 e. The minimum Gasteiger partial charge on any atom is -0.493 e. The number of nitrogens with zero attached hydrogens (tertiary/aromatic N) is 3. The van der Waals surface area contributed by atoms with Crippen LogP contribution in [0, 0.1) is 0 Å². The number of rotatable bonds is 5. The van der Waals surface area contributed by atoms with Crippen LogP contribution in [0.5, 0.6) is 11.5 Å². The summed E-state index contributed by atoms with van der Waals surface area (Å²) in [6, 6.07) is 9.20. The van der Waals surface area contributed by atoms with Crippen molar-refractivity contribution >= 4 is 27.7 Å². The van der Waals surface area contributed by atoms with Crippen molar-refractivity contribution in [2.45, 2.75) is 78.0 Å². The van der Waals surface area contributed by atoms with E-state index in [4.69, 9.17) is 19.2 Å². The Balaban J connectivity index is 1.79. The molecule has 0 fully saturated rings. The summed E-state index contributed by atoms with van der Waals surface area (Å²) in [5, 5.41) is 0. The summed E-state index contributed by atoms with van der Waals surface area (Å²) in [6.07, 6.45) is 0.463. The minimum atomic E-state index is -4.21. The van der Waals surface area contributed by atoms with Gasteiger partial charge in [-0.1, -0.05) is 12.1 Å². The highest BCUT2D eigenvalue weighted by atomic mass is 32.2. The van der Waals surface area contributed by atoms with Crippen molar-refractivity contribution in [2.24, 2.45) is 4.99 Å². The van der Waals surface area contributed by atoms with Gasteiger partial charge in [-0.2, -0.15) is 12.7 Å². The molecule has 0 spiro atoms. The van der Waals surface area contributed by atoms with Gasteiger partial charge < -0.3 is 14.2 Å². The number of fused-ring (bicyclic) bond motifs is 3. The van der Waals surface area contributed by atoms with Crippen LogP contribution in [0.4, 0.5) is 10.5 Å². The van der Waals surface area contributed by atoms with Gasteiger partial charge in [0.25, 0.3) is 0 Å². The molecular formula is C29H39N3O6S. The highest BCUT2D eigenvalue weighted by Crippen LogP contribution is 2.48. The van der Waals surface area contributed by atoms with Crippen LogP contribution in [0.3, 0.4) is 0 Å². The quantitative estimate of drug-likeness (QED) is 0.506. The molecule has 2 aromatic carbocycles. The van der Waals surface area contributed by atoms with Gasteiger partial charge in [0.05, 0.1) is 24.0 Å². The van der Waals surface area contributed by atoms with E-state index < -0.39 is 27.5 Å². The van der Waals surface area contributed by atoms with Crippen molar-refractivity contribution in [3.8, 4) is 11.5 Å². The van der Waals surface area contributed by atoms with Gasteiger partial charge in [-0.15, -0.1) is 0 Å². The van der Waals surface area contributed by atoms with E-state index in [1.165, 1.54) is 14.1 Å². The zero-order valence-electron chi connectivity index (χ0n) is 24.5. The molecule has 2 aromatic rings. The van der Waals surface area contributed by atoms with Crippen LogP contribution < -0.4 is 13.8 Å². The standard InChI is InChI=1S/C29H39N3O6S/c1-27(2,3)38-26(33)32(9)39(34,35)31(8)20-13-11-12-18(14-20)24-23-19(16-28(4,5)30-24)15-22(36-10)25-21(23)17-29(6,7)37-25/h11-15H,16-17H2,1-10H3. The Morgan fingerprint density at radius 3 is 2.36 bits per heavy atom. The number of carbonyl (C=O) groups is 1. The first-order valence-corrected chi connectivity index (χ1v) is 14.3. The second-order valence-electron chi connectivity index (χ2n) is 12.4. The minimum absolute atomic E-state index is 0.386. The first-order chi connectivity index (χ1) is 17.8. The van der Waals surface area contributed by atoms with Crippen LogP contribution in [0.1, 0.15) is 70.7 Å². The molecule has 2 aliphatic heterocycles. The molecule has 0 saturated carbocycles. The van der Waals surface area contributed by atoms with Gasteiger partial charge in [-0.25, -0.2) is 4.79 Å². The number of aliphatic imine (C=N–C) groups is 1. The van der Waals surface area contributed by atoms with Crippen LogP contribution >= 0.6 is 0 Å². The third-order valence-corrected chi connectivity index (χ3v) is 8.47. The van der Waals surface area contributed by atoms with Crippen molar-refractivity contribution in [1.82, 2.24) is 4.31 Å². The van der Waals surface area contributed by atoms with Crippen LogP contribution in [0.2, 0.25) is 0 Å². The second-order valence-corrected chi connectivity index (χ2v) is 14.4. The van der Waals surface area contributed by atoms with Gasteiger partial charge in [-0.05, 0) is 78.6 Å². The summed E-state index contributed by atoms with van der Waals surface area (Å²) in [4.78, 5) is 17.7. The molecule has 2 aliphatic rings. The van der Waals surface area contributed by atoms with Crippen molar-refractivity contribution in [2.75, 3.05) is 25.5 Å². The summed E-state index contributed by atoms with van der Waals surface area (Å²) >= 11 is 0. The van der Waals surface area contributed by atoms with Crippen LogP contribution in [0.25, 0.3) is 0 Å². The van der Waals surface area contributed by atoms with Gasteiger partial charge in [0, 0.05) is 37.2 Å². The first-order valence-electron chi connectivity index (χ1n) is 12.9. The van der Waals surface area contributed by atoms with Crippen LogP contribution in [-0.2, 0) is 27.8 Å². The Morgan fingerprint density at radius 1 is 1.08 bits per heavy atom. The normalized spacial score (nSPS) is 17.3. The number of carbonyl (C=O) groups excluding carboxylic acids is 1. The molecule has 0 aromatic heterocycles. The Bertz CT molecular complexity index is 1450. The summed E-state index contributed by atoms with van der Waals surface area (Å²) in [5.74, 6) is 1.43. The monoisotopic (exact) mass is 557 g/mol. The molecule has 0 bridgehead atoms. The molecule has 10 heteroatoms. The second kappa shape index (κ2) is 9.43. The van der Waals surface area contributed by atoms with Gasteiger partial charge in [0.15, 0.2) is 11.5 Å². The van der Waals surface area contributed by atoms with Gasteiger partial charge in [0.1, 0.15) is 11.2 Å². The Labute approximate surface area is 231 Å². The lowest BCUT2D eigenvalue weighted by Crippen LogP contribution is -2.45. The fraction of sp³-hybridized carbons (Fsp3) is 0.517. The van der Waals surface area contributed by atoms with Crippen LogP contribution in [0.15, 0.2) is 35.3 Å². The molecule has 0 radical (unpaired) electrons. The largest absolute Gasteiger partial charge is 0.493 e. The van der Waals surface area contributed by atoms with E-state index in [9.17, 15) is 13.2 Å². The summed E-state index contributed by atoms with van der Waals surface area (Å²) in [7, 11) is 0.0320. The third-order valence-electron chi connectivity index (χ3n) is 6.73. The van der Waals surface area contributed by atoms with E-state index in [1.54, 1.807) is 46.1 Å². The Morgan fingerprint density at radius 2 is 1.74 bits per heavy atom. The van der Waals surface area contributed by atoms with Gasteiger partial charge in [-0.3, -0.25) is 9.30 Å². The van der Waals surface area contributed by atoms with Crippen molar-refractivity contribution in [3.05, 3.63) is 52.6 Å². The summed E-state index contributed by atoms with van der Waals surface area (Å²) < 4.78 is 45.6. The zero-order chi connectivity index (χ0) is 29.1. The van der Waals surface area contributed by atoms with E-state index in [2.05, 4.69) is 13.8 Å². The number of ether oxygens (including phenoxy) is 3. The molecule has 0 N–H and O–H groups in total. The predicted molar refractivity (Wildman–Crippen MR) is 153 cm³/mol. The molecule has 1 amide bonds. The summed E-state index contributed by atoms with van der Waals surface area (Å²) in [5.41, 5.74) is 3.46. The summed E-state index contributed by atoms with van der Waals surface area (Å²) in [6.45, 7) is 13.3. The SMILES string of the molecule is COc1cc2c(c3c1OC(C)(C)C3)C(c1cccc(N(C)S(=O)(=O)N(C)C(=O)OC(C)(C)C)c1)=NC(C)(C)C2. The maximum absolute atomic E-state index is 13.3. The number of hydrogen-bond donors (Lipinski definition) is 0.